The average molecular weight is 317 g/mol. The molecule has 4 heteroatoms. The molecule has 3 nitrogen and oxygen atoms in total. The summed E-state index contributed by atoms with van der Waals surface area (Å²) in [6, 6.07) is 15.0. The molecule has 2 aromatic rings. The third-order valence-corrected chi connectivity index (χ3v) is 5.56. The fourth-order valence-electron chi connectivity index (χ4n) is 3.47. The van der Waals surface area contributed by atoms with E-state index in [9.17, 15) is 8.42 Å². The van der Waals surface area contributed by atoms with E-state index in [4.69, 9.17) is 0 Å². The number of sulfone groups is 1. The van der Waals surface area contributed by atoms with Crippen molar-refractivity contribution in [2.45, 2.75) is 12.8 Å². The summed E-state index contributed by atoms with van der Waals surface area (Å²) in [5.74, 6) is 0.639. The number of hydrogen-bond acceptors (Lipinski definition) is 3. The Bertz CT molecular complexity index is 749. The van der Waals surface area contributed by atoms with Gasteiger partial charge in [-0.3, -0.25) is 0 Å². The van der Waals surface area contributed by atoms with Gasteiger partial charge >= 0.3 is 0 Å². The van der Waals surface area contributed by atoms with E-state index in [-0.39, 0.29) is 0 Å². The summed E-state index contributed by atoms with van der Waals surface area (Å²) in [5, 5.41) is 2.62. The zero-order valence-electron chi connectivity index (χ0n) is 13.0. The van der Waals surface area contributed by atoms with Gasteiger partial charge in [-0.15, -0.1) is 0 Å². The number of hydrogen-bond donors (Lipinski definition) is 0. The van der Waals surface area contributed by atoms with Crippen LogP contribution in [0.4, 0.5) is 0 Å². The van der Waals surface area contributed by atoms with Gasteiger partial charge in [-0.2, -0.15) is 0 Å². The molecule has 3 rings (SSSR count). The van der Waals surface area contributed by atoms with Crippen LogP contribution < -0.4 is 0 Å². The summed E-state index contributed by atoms with van der Waals surface area (Å²) < 4.78 is 22.8. The van der Waals surface area contributed by atoms with Crippen molar-refractivity contribution in [2.75, 3.05) is 31.6 Å². The van der Waals surface area contributed by atoms with Gasteiger partial charge in [-0.25, -0.2) is 8.42 Å². The first kappa shape index (κ1) is 15.5. The van der Waals surface area contributed by atoms with E-state index >= 15 is 0 Å². The molecule has 0 aliphatic carbocycles. The molecule has 1 fully saturated rings. The highest BCUT2D eigenvalue weighted by atomic mass is 32.2. The summed E-state index contributed by atoms with van der Waals surface area (Å²) in [5.41, 5.74) is 1.38. The quantitative estimate of drug-likeness (QED) is 0.851. The second kappa shape index (κ2) is 6.39. The van der Waals surface area contributed by atoms with Gasteiger partial charge in [-0.05, 0) is 41.6 Å². The number of rotatable bonds is 5. The molecular weight excluding hydrogens is 294 g/mol. The Hall–Kier alpha value is -1.39. The molecule has 22 heavy (non-hydrogen) atoms. The molecular formula is C18H23NO2S. The van der Waals surface area contributed by atoms with Crippen molar-refractivity contribution in [3.63, 3.8) is 0 Å². The molecule has 1 saturated heterocycles. The van der Waals surface area contributed by atoms with Gasteiger partial charge in [0.15, 0.2) is 0 Å². The van der Waals surface area contributed by atoms with Gasteiger partial charge in [0.25, 0.3) is 0 Å². The molecule has 1 heterocycles. The highest BCUT2D eigenvalue weighted by Gasteiger charge is 2.25. The first-order chi connectivity index (χ1) is 10.5. The lowest BCUT2D eigenvalue weighted by Crippen LogP contribution is -2.25. The SMILES string of the molecule is CS(=O)(=O)CC1CCN(CCc2cccc3ccccc23)C1. The van der Waals surface area contributed by atoms with Crippen molar-refractivity contribution in [3.05, 3.63) is 48.0 Å². The van der Waals surface area contributed by atoms with Crippen molar-refractivity contribution in [3.8, 4) is 0 Å². The third-order valence-electron chi connectivity index (χ3n) is 4.49. The van der Waals surface area contributed by atoms with Crippen LogP contribution in [0.3, 0.4) is 0 Å². The Morgan fingerprint density at radius 1 is 1.14 bits per heavy atom. The smallest absolute Gasteiger partial charge is 0.147 e. The van der Waals surface area contributed by atoms with Gasteiger partial charge in [0.1, 0.15) is 9.84 Å². The van der Waals surface area contributed by atoms with Crippen molar-refractivity contribution in [2.24, 2.45) is 5.92 Å². The van der Waals surface area contributed by atoms with Crippen LogP contribution in [-0.2, 0) is 16.3 Å². The standard InChI is InChI=1S/C18H23NO2S/c1-22(20,21)14-15-9-11-19(13-15)12-10-17-7-4-6-16-5-2-3-8-18(16)17/h2-8,15H,9-14H2,1H3. The van der Waals surface area contributed by atoms with E-state index in [0.29, 0.717) is 11.7 Å². The van der Waals surface area contributed by atoms with Gasteiger partial charge in [0.2, 0.25) is 0 Å². The topological polar surface area (TPSA) is 37.4 Å². The fraction of sp³-hybridized carbons (Fsp3) is 0.444. The number of fused-ring (bicyclic) bond motifs is 1. The Kier molecular flexibility index (Phi) is 4.50. The number of benzene rings is 2. The Morgan fingerprint density at radius 2 is 1.91 bits per heavy atom. The monoisotopic (exact) mass is 317 g/mol. The van der Waals surface area contributed by atoms with Gasteiger partial charge < -0.3 is 4.90 Å². The van der Waals surface area contributed by atoms with Gasteiger partial charge in [0, 0.05) is 19.3 Å². The minimum absolute atomic E-state index is 0.308. The van der Waals surface area contributed by atoms with Crippen LogP contribution in [0.5, 0.6) is 0 Å². The van der Waals surface area contributed by atoms with Crippen LogP contribution in [-0.4, -0.2) is 45.0 Å². The molecule has 1 aliphatic heterocycles. The van der Waals surface area contributed by atoms with Crippen LogP contribution in [0.25, 0.3) is 10.8 Å². The Labute approximate surface area is 132 Å². The van der Waals surface area contributed by atoms with E-state index in [1.165, 1.54) is 22.6 Å². The maximum Gasteiger partial charge on any atom is 0.147 e. The van der Waals surface area contributed by atoms with Crippen LogP contribution in [0.15, 0.2) is 42.5 Å². The molecule has 0 saturated carbocycles. The van der Waals surface area contributed by atoms with E-state index in [1.54, 1.807) is 0 Å². The maximum atomic E-state index is 11.4. The fourth-order valence-corrected chi connectivity index (χ4v) is 4.60. The average Bonchev–Trinajstić information content (AvgIpc) is 2.90. The molecule has 0 amide bonds. The largest absolute Gasteiger partial charge is 0.303 e. The molecule has 0 radical (unpaired) electrons. The molecule has 118 valence electrons. The van der Waals surface area contributed by atoms with Crippen molar-refractivity contribution in [1.82, 2.24) is 4.90 Å². The van der Waals surface area contributed by atoms with Crippen LogP contribution in [0.1, 0.15) is 12.0 Å². The van der Waals surface area contributed by atoms with Gasteiger partial charge in [0.05, 0.1) is 5.75 Å². The zero-order valence-corrected chi connectivity index (χ0v) is 13.8. The van der Waals surface area contributed by atoms with Crippen LogP contribution >= 0.6 is 0 Å². The van der Waals surface area contributed by atoms with Crippen molar-refractivity contribution < 1.29 is 8.42 Å². The highest BCUT2D eigenvalue weighted by Crippen LogP contribution is 2.21. The second-order valence-electron chi connectivity index (χ2n) is 6.44. The Morgan fingerprint density at radius 3 is 2.73 bits per heavy atom. The van der Waals surface area contributed by atoms with E-state index in [2.05, 4.69) is 47.4 Å². The molecule has 0 spiro atoms. The zero-order chi connectivity index (χ0) is 15.6. The molecule has 0 N–H and O–H groups in total. The molecule has 0 aromatic heterocycles. The molecule has 2 aromatic carbocycles. The van der Waals surface area contributed by atoms with Crippen LogP contribution in [0.2, 0.25) is 0 Å². The lowest BCUT2D eigenvalue weighted by Gasteiger charge is -2.16. The third kappa shape index (κ3) is 3.87. The number of likely N-dealkylation sites (tertiary alicyclic amines) is 1. The first-order valence-electron chi connectivity index (χ1n) is 7.88. The van der Waals surface area contributed by atoms with E-state index < -0.39 is 9.84 Å². The first-order valence-corrected chi connectivity index (χ1v) is 9.94. The predicted molar refractivity (Wildman–Crippen MR) is 91.9 cm³/mol. The van der Waals surface area contributed by atoms with E-state index in [1.807, 2.05) is 0 Å². The predicted octanol–water partition coefficient (Wildman–Crippen LogP) is 2.75. The minimum Gasteiger partial charge on any atom is -0.303 e. The molecule has 0 bridgehead atoms. The summed E-state index contributed by atoms with van der Waals surface area (Å²) in [6.07, 6.45) is 3.36. The lowest BCUT2D eigenvalue weighted by atomic mass is 10.0. The van der Waals surface area contributed by atoms with E-state index in [0.717, 1.165) is 32.5 Å². The minimum atomic E-state index is -2.85. The summed E-state index contributed by atoms with van der Waals surface area (Å²) in [6.45, 7) is 2.94. The normalized spacial score (nSPS) is 19.8. The van der Waals surface area contributed by atoms with Crippen LogP contribution in [0, 0.1) is 5.92 Å². The van der Waals surface area contributed by atoms with Gasteiger partial charge in [-0.1, -0.05) is 42.5 Å². The molecule has 1 atom stereocenters. The molecule has 1 aliphatic rings. The highest BCUT2D eigenvalue weighted by molar-refractivity contribution is 7.90. The molecule has 1 unspecified atom stereocenters. The summed E-state index contributed by atoms with van der Waals surface area (Å²) >= 11 is 0. The Balaban J connectivity index is 1.61. The number of nitrogens with zero attached hydrogens (tertiary/aromatic N) is 1. The maximum absolute atomic E-state index is 11.4. The lowest BCUT2D eigenvalue weighted by molar-refractivity contribution is 0.333. The summed E-state index contributed by atoms with van der Waals surface area (Å²) in [4.78, 5) is 2.40. The van der Waals surface area contributed by atoms with Crippen molar-refractivity contribution in [1.29, 1.82) is 0 Å². The summed E-state index contributed by atoms with van der Waals surface area (Å²) in [7, 11) is -2.85. The van der Waals surface area contributed by atoms with Crippen molar-refractivity contribution >= 4 is 20.6 Å². The second-order valence-corrected chi connectivity index (χ2v) is 8.62.